The van der Waals surface area contributed by atoms with Crippen molar-refractivity contribution >= 4 is 5.91 Å². The number of ether oxygens (including phenoxy) is 1. The molecule has 1 unspecified atom stereocenters. The molecule has 0 aromatic heterocycles. The number of hydrogen-bond acceptors (Lipinski definition) is 3. The summed E-state index contributed by atoms with van der Waals surface area (Å²) in [5.41, 5.74) is 0. The van der Waals surface area contributed by atoms with E-state index in [1.807, 2.05) is 4.90 Å². The summed E-state index contributed by atoms with van der Waals surface area (Å²) in [6.45, 7) is 8.04. The number of carbonyl (C=O) groups excluding carboxylic acids is 1. The van der Waals surface area contributed by atoms with Crippen molar-refractivity contribution < 1.29 is 9.53 Å². The van der Waals surface area contributed by atoms with Crippen molar-refractivity contribution in [2.75, 3.05) is 45.9 Å². The van der Waals surface area contributed by atoms with Crippen LogP contribution in [0.1, 0.15) is 19.8 Å². The maximum atomic E-state index is 12.1. The lowest BCUT2D eigenvalue weighted by atomic mass is 10.0. The average molecular weight is 226 g/mol. The minimum Gasteiger partial charge on any atom is -0.379 e. The molecule has 0 aromatic carbocycles. The van der Waals surface area contributed by atoms with Crippen LogP contribution in [0.15, 0.2) is 0 Å². The number of nitrogens with zero attached hydrogens (tertiary/aromatic N) is 2. The molecule has 16 heavy (non-hydrogen) atoms. The molecule has 92 valence electrons. The molecule has 0 spiro atoms. The first-order valence-corrected chi connectivity index (χ1v) is 6.33. The Bertz CT molecular complexity index is 239. The summed E-state index contributed by atoms with van der Waals surface area (Å²) in [7, 11) is 0. The van der Waals surface area contributed by atoms with Gasteiger partial charge in [-0.25, -0.2) is 0 Å². The van der Waals surface area contributed by atoms with Gasteiger partial charge in [-0.05, 0) is 18.8 Å². The van der Waals surface area contributed by atoms with E-state index in [0.29, 0.717) is 18.4 Å². The Morgan fingerprint density at radius 1 is 1.31 bits per heavy atom. The minimum atomic E-state index is 0.299. The second-order valence-corrected chi connectivity index (χ2v) is 4.98. The smallest absolute Gasteiger partial charge is 0.236 e. The van der Waals surface area contributed by atoms with E-state index in [2.05, 4.69) is 11.8 Å². The zero-order valence-electron chi connectivity index (χ0n) is 10.2. The lowest BCUT2D eigenvalue weighted by molar-refractivity contribution is -0.135. The predicted molar refractivity (Wildman–Crippen MR) is 62.2 cm³/mol. The van der Waals surface area contributed by atoms with Crippen LogP contribution in [0.4, 0.5) is 0 Å². The fourth-order valence-electron chi connectivity index (χ4n) is 2.47. The molecule has 1 amide bonds. The number of amides is 1. The van der Waals surface area contributed by atoms with Crippen LogP contribution in [0.2, 0.25) is 0 Å². The zero-order valence-corrected chi connectivity index (χ0v) is 10.2. The van der Waals surface area contributed by atoms with Crippen LogP contribution in [0.3, 0.4) is 0 Å². The number of carbonyl (C=O) groups is 1. The maximum absolute atomic E-state index is 12.1. The van der Waals surface area contributed by atoms with E-state index in [1.165, 1.54) is 6.42 Å². The van der Waals surface area contributed by atoms with Crippen molar-refractivity contribution in [1.82, 2.24) is 9.80 Å². The number of likely N-dealkylation sites (tertiary alicyclic amines) is 1. The molecule has 4 heteroatoms. The molecule has 2 saturated heterocycles. The van der Waals surface area contributed by atoms with Crippen LogP contribution in [0.5, 0.6) is 0 Å². The van der Waals surface area contributed by atoms with Crippen molar-refractivity contribution in [1.29, 1.82) is 0 Å². The first kappa shape index (κ1) is 11.9. The highest BCUT2D eigenvalue weighted by Gasteiger charge is 2.23. The van der Waals surface area contributed by atoms with E-state index < -0.39 is 0 Å². The largest absolute Gasteiger partial charge is 0.379 e. The van der Waals surface area contributed by atoms with Crippen LogP contribution in [0.25, 0.3) is 0 Å². The lowest BCUT2D eigenvalue weighted by Crippen LogP contribution is -2.47. The first-order chi connectivity index (χ1) is 7.75. The minimum absolute atomic E-state index is 0.299. The molecule has 0 aliphatic carbocycles. The van der Waals surface area contributed by atoms with Crippen molar-refractivity contribution in [3.63, 3.8) is 0 Å². The highest BCUT2D eigenvalue weighted by atomic mass is 16.5. The molecule has 2 aliphatic heterocycles. The summed E-state index contributed by atoms with van der Waals surface area (Å²) in [5, 5.41) is 0. The highest BCUT2D eigenvalue weighted by molar-refractivity contribution is 5.78. The van der Waals surface area contributed by atoms with E-state index in [1.54, 1.807) is 0 Å². The molecule has 2 heterocycles. The van der Waals surface area contributed by atoms with Gasteiger partial charge in [0, 0.05) is 26.2 Å². The normalized spacial score (nSPS) is 28.1. The molecule has 2 aliphatic rings. The SMILES string of the molecule is CC1CCCN(C(=O)CN2CCOCC2)C1. The Morgan fingerprint density at radius 3 is 2.75 bits per heavy atom. The predicted octanol–water partition coefficient (Wildman–Crippen LogP) is 0.577. The van der Waals surface area contributed by atoms with E-state index >= 15 is 0 Å². The fraction of sp³-hybridized carbons (Fsp3) is 0.917. The summed E-state index contributed by atoms with van der Waals surface area (Å²) < 4.78 is 5.28. The molecule has 1 atom stereocenters. The van der Waals surface area contributed by atoms with Crippen LogP contribution >= 0.6 is 0 Å². The summed E-state index contributed by atoms with van der Waals surface area (Å²) >= 11 is 0. The van der Waals surface area contributed by atoms with E-state index in [4.69, 9.17) is 4.74 Å². The number of piperidine rings is 1. The van der Waals surface area contributed by atoms with Gasteiger partial charge in [0.2, 0.25) is 5.91 Å². The van der Waals surface area contributed by atoms with Gasteiger partial charge in [0.1, 0.15) is 0 Å². The second-order valence-electron chi connectivity index (χ2n) is 4.98. The number of hydrogen-bond donors (Lipinski definition) is 0. The molecule has 0 aromatic rings. The van der Waals surface area contributed by atoms with Crippen LogP contribution < -0.4 is 0 Å². The molecular weight excluding hydrogens is 204 g/mol. The van der Waals surface area contributed by atoms with Gasteiger partial charge in [-0.15, -0.1) is 0 Å². The van der Waals surface area contributed by atoms with Gasteiger partial charge >= 0.3 is 0 Å². The summed E-state index contributed by atoms with van der Waals surface area (Å²) in [5.74, 6) is 0.968. The molecular formula is C12H22N2O2. The van der Waals surface area contributed by atoms with Gasteiger partial charge in [-0.1, -0.05) is 6.92 Å². The van der Waals surface area contributed by atoms with Gasteiger partial charge in [-0.2, -0.15) is 0 Å². The van der Waals surface area contributed by atoms with Crippen molar-refractivity contribution in [2.45, 2.75) is 19.8 Å². The summed E-state index contributed by atoms with van der Waals surface area (Å²) in [6.07, 6.45) is 2.43. The lowest BCUT2D eigenvalue weighted by Gasteiger charge is -2.33. The van der Waals surface area contributed by atoms with E-state index in [9.17, 15) is 4.79 Å². The average Bonchev–Trinajstić information content (AvgIpc) is 2.30. The molecule has 0 radical (unpaired) electrons. The Morgan fingerprint density at radius 2 is 2.06 bits per heavy atom. The number of rotatable bonds is 2. The molecule has 0 bridgehead atoms. The third kappa shape index (κ3) is 3.19. The van der Waals surface area contributed by atoms with Gasteiger partial charge < -0.3 is 9.64 Å². The molecule has 4 nitrogen and oxygen atoms in total. The van der Waals surface area contributed by atoms with Crippen LogP contribution in [-0.2, 0) is 9.53 Å². The Kier molecular flexibility index (Phi) is 4.18. The fourth-order valence-corrected chi connectivity index (χ4v) is 2.47. The highest BCUT2D eigenvalue weighted by Crippen LogP contribution is 2.15. The standard InChI is InChI=1S/C12H22N2O2/c1-11-3-2-4-14(9-11)12(15)10-13-5-7-16-8-6-13/h11H,2-10H2,1H3. The second kappa shape index (κ2) is 5.64. The molecule has 2 rings (SSSR count). The molecule has 0 saturated carbocycles. The Labute approximate surface area is 97.5 Å². The van der Waals surface area contributed by atoms with Crippen molar-refractivity contribution in [3.05, 3.63) is 0 Å². The van der Waals surface area contributed by atoms with Crippen LogP contribution in [-0.4, -0.2) is 61.6 Å². The Hall–Kier alpha value is -0.610. The van der Waals surface area contributed by atoms with E-state index in [-0.39, 0.29) is 0 Å². The third-order valence-corrected chi connectivity index (χ3v) is 3.47. The van der Waals surface area contributed by atoms with Gasteiger partial charge in [0.15, 0.2) is 0 Å². The van der Waals surface area contributed by atoms with Gasteiger partial charge in [-0.3, -0.25) is 9.69 Å². The third-order valence-electron chi connectivity index (χ3n) is 3.47. The quantitative estimate of drug-likeness (QED) is 0.690. The van der Waals surface area contributed by atoms with Crippen molar-refractivity contribution in [3.8, 4) is 0 Å². The molecule has 2 fully saturated rings. The Balaban J connectivity index is 1.77. The zero-order chi connectivity index (χ0) is 11.4. The first-order valence-electron chi connectivity index (χ1n) is 6.33. The maximum Gasteiger partial charge on any atom is 0.236 e. The van der Waals surface area contributed by atoms with Gasteiger partial charge in [0.25, 0.3) is 0 Å². The van der Waals surface area contributed by atoms with E-state index in [0.717, 1.165) is 45.8 Å². The topological polar surface area (TPSA) is 32.8 Å². The molecule has 0 N–H and O–H groups in total. The summed E-state index contributed by atoms with van der Waals surface area (Å²) in [6, 6.07) is 0. The monoisotopic (exact) mass is 226 g/mol. The van der Waals surface area contributed by atoms with Crippen molar-refractivity contribution in [2.24, 2.45) is 5.92 Å². The number of morpholine rings is 1. The summed E-state index contributed by atoms with van der Waals surface area (Å²) in [4.78, 5) is 16.3. The van der Waals surface area contributed by atoms with Gasteiger partial charge in [0.05, 0.1) is 19.8 Å². The van der Waals surface area contributed by atoms with Crippen LogP contribution in [0, 0.1) is 5.92 Å².